The second-order valence-corrected chi connectivity index (χ2v) is 10.0. The first kappa shape index (κ1) is 30.5. The van der Waals surface area contributed by atoms with Crippen LogP contribution in [-0.2, 0) is 14.3 Å². The van der Waals surface area contributed by atoms with E-state index in [1.165, 1.54) is 54.7 Å². The Morgan fingerprint density at radius 2 is 1.89 bits per heavy atom. The van der Waals surface area contributed by atoms with Gasteiger partial charge in [-0.25, -0.2) is 4.68 Å². The highest BCUT2D eigenvalue weighted by atomic mass is 32.2. The molecule has 204 valence electrons. The normalized spacial score (nSPS) is 22.5. The molecule has 0 saturated carbocycles. The standard InChI is InChI=1S/C24H41N5O6S/c1-3-5-6-7-8-9-10-11-12-20(31)25-17(16-36-13-4-2)23(34)26-19-14-29(28-27-19)24-22(33)21(32)18(15-30)35-24/h4,14,17-18,21-22,24,30,32-33H,2-3,5-13,15-16H2,1H3,(H,25,31)(H,26,34)/t17-,18?,21-,22-,24+/m1/s1. The Morgan fingerprint density at radius 3 is 2.53 bits per heavy atom. The molecule has 1 saturated heterocycles. The first-order chi connectivity index (χ1) is 17.4. The zero-order valence-electron chi connectivity index (χ0n) is 21.1. The van der Waals surface area contributed by atoms with Crippen molar-refractivity contribution in [2.45, 2.75) is 95.3 Å². The van der Waals surface area contributed by atoms with Gasteiger partial charge >= 0.3 is 0 Å². The molecule has 1 aliphatic rings. The van der Waals surface area contributed by atoms with Crippen LogP contribution in [0.2, 0.25) is 0 Å². The zero-order chi connectivity index (χ0) is 26.3. The topological polar surface area (TPSA) is 159 Å². The molecule has 1 aromatic rings. The van der Waals surface area contributed by atoms with Crippen molar-refractivity contribution >= 4 is 29.4 Å². The number of aromatic nitrogens is 3. The highest BCUT2D eigenvalue weighted by Crippen LogP contribution is 2.29. The molecule has 36 heavy (non-hydrogen) atoms. The van der Waals surface area contributed by atoms with Gasteiger partial charge in [-0.1, -0.05) is 57.1 Å². The van der Waals surface area contributed by atoms with E-state index >= 15 is 0 Å². The van der Waals surface area contributed by atoms with Crippen molar-refractivity contribution < 1.29 is 29.6 Å². The van der Waals surface area contributed by atoms with Crippen molar-refractivity contribution in [2.75, 3.05) is 23.4 Å². The zero-order valence-corrected chi connectivity index (χ0v) is 21.9. The highest BCUT2D eigenvalue weighted by Gasteiger charge is 2.44. The number of aliphatic hydroxyl groups is 3. The summed E-state index contributed by atoms with van der Waals surface area (Å²) in [6, 6.07) is -0.768. The maximum atomic E-state index is 12.9. The Kier molecular flexibility index (Phi) is 14.3. The monoisotopic (exact) mass is 527 g/mol. The first-order valence-corrected chi connectivity index (χ1v) is 13.9. The van der Waals surface area contributed by atoms with Gasteiger partial charge in [-0.05, 0) is 25.5 Å². The lowest BCUT2D eigenvalue weighted by molar-refractivity contribution is -0.126. The third-order valence-electron chi connectivity index (χ3n) is 5.97. The van der Waals surface area contributed by atoms with Gasteiger partial charge in [0.15, 0.2) is 12.0 Å². The SMILES string of the molecule is [CH2][CH]CSC[C@@H](NC(=O)CCCCCCCCCC)C(=O)Nc1cn([C@H]2OC(CO)[C@@H](O)[C@H]2O)nn1. The van der Waals surface area contributed by atoms with E-state index in [0.29, 0.717) is 17.9 Å². The van der Waals surface area contributed by atoms with Crippen LogP contribution >= 0.6 is 11.8 Å². The molecule has 5 N–H and O–H groups in total. The number of carbonyl (C=O) groups excluding carboxylic acids is 2. The maximum Gasteiger partial charge on any atom is 0.249 e. The Bertz CT molecular complexity index is 782. The molecule has 1 aromatic heterocycles. The summed E-state index contributed by atoms with van der Waals surface area (Å²) in [6.07, 6.45) is 7.95. The number of aliphatic hydroxyl groups excluding tert-OH is 3. The van der Waals surface area contributed by atoms with E-state index in [1.54, 1.807) is 6.42 Å². The predicted octanol–water partition coefficient (Wildman–Crippen LogP) is 1.62. The number of thioether (sulfide) groups is 1. The van der Waals surface area contributed by atoms with Crippen molar-refractivity contribution in [1.82, 2.24) is 20.3 Å². The number of unbranched alkanes of at least 4 members (excludes halogenated alkanes) is 7. The van der Waals surface area contributed by atoms with Crippen LogP contribution in [0.15, 0.2) is 6.20 Å². The Hall–Kier alpha value is -1.73. The van der Waals surface area contributed by atoms with Crippen LogP contribution in [-0.4, -0.2) is 84.6 Å². The summed E-state index contributed by atoms with van der Waals surface area (Å²) in [7, 11) is 0. The van der Waals surface area contributed by atoms with Crippen LogP contribution in [0.3, 0.4) is 0 Å². The predicted molar refractivity (Wildman–Crippen MR) is 138 cm³/mol. The second kappa shape index (κ2) is 16.9. The molecule has 2 rings (SSSR count). The van der Waals surface area contributed by atoms with Gasteiger partial charge in [0, 0.05) is 12.2 Å². The average molecular weight is 528 g/mol. The van der Waals surface area contributed by atoms with E-state index < -0.39 is 43.1 Å². The van der Waals surface area contributed by atoms with Crippen LogP contribution in [0.25, 0.3) is 0 Å². The van der Waals surface area contributed by atoms with Gasteiger partial charge in [0.2, 0.25) is 11.8 Å². The lowest BCUT2D eigenvalue weighted by Crippen LogP contribution is -2.45. The van der Waals surface area contributed by atoms with Crippen molar-refractivity contribution in [3.63, 3.8) is 0 Å². The fourth-order valence-corrected chi connectivity index (χ4v) is 4.68. The van der Waals surface area contributed by atoms with Gasteiger partial charge in [-0.2, -0.15) is 11.8 Å². The van der Waals surface area contributed by atoms with Gasteiger partial charge in [0.05, 0.1) is 12.8 Å². The number of rotatable bonds is 18. The largest absolute Gasteiger partial charge is 0.394 e. The highest BCUT2D eigenvalue weighted by molar-refractivity contribution is 7.99. The molecule has 0 aromatic carbocycles. The smallest absolute Gasteiger partial charge is 0.249 e. The molecule has 12 heteroatoms. The molecular weight excluding hydrogens is 486 g/mol. The van der Waals surface area contributed by atoms with Crippen LogP contribution in [0, 0.1) is 13.3 Å². The molecule has 1 unspecified atom stereocenters. The number of nitrogens with zero attached hydrogens (tertiary/aromatic N) is 3. The summed E-state index contributed by atoms with van der Waals surface area (Å²) >= 11 is 1.47. The van der Waals surface area contributed by atoms with E-state index in [-0.39, 0.29) is 11.7 Å². The van der Waals surface area contributed by atoms with Gasteiger partial charge < -0.3 is 30.7 Å². The first-order valence-electron chi connectivity index (χ1n) is 12.7. The molecule has 2 radical (unpaired) electrons. The molecule has 5 atom stereocenters. The lowest BCUT2D eigenvalue weighted by Gasteiger charge is -2.17. The van der Waals surface area contributed by atoms with E-state index in [4.69, 9.17) is 4.74 Å². The van der Waals surface area contributed by atoms with Gasteiger partial charge in [-0.15, -0.1) is 5.10 Å². The van der Waals surface area contributed by atoms with Crippen LogP contribution in [0.5, 0.6) is 0 Å². The van der Waals surface area contributed by atoms with Crippen molar-refractivity contribution in [1.29, 1.82) is 0 Å². The van der Waals surface area contributed by atoms with Crippen LogP contribution in [0.1, 0.15) is 70.9 Å². The molecule has 2 heterocycles. The Morgan fingerprint density at radius 1 is 1.19 bits per heavy atom. The molecule has 1 aliphatic heterocycles. The van der Waals surface area contributed by atoms with E-state index in [0.717, 1.165) is 19.3 Å². The van der Waals surface area contributed by atoms with E-state index in [9.17, 15) is 24.9 Å². The Labute approximate surface area is 217 Å². The number of carbonyl (C=O) groups is 2. The quantitative estimate of drug-likeness (QED) is 0.179. The van der Waals surface area contributed by atoms with Crippen molar-refractivity contribution in [3.8, 4) is 0 Å². The minimum atomic E-state index is -1.31. The summed E-state index contributed by atoms with van der Waals surface area (Å²) in [5.74, 6) is 0.497. The summed E-state index contributed by atoms with van der Waals surface area (Å²) in [5, 5.41) is 42.5. The molecule has 11 nitrogen and oxygen atoms in total. The van der Waals surface area contributed by atoms with Crippen molar-refractivity contribution in [3.05, 3.63) is 19.5 Å². The summed E-state index contributed by atoms with van der Waals surface area (Å²) in [6.45, 7) is 5.41. The fourth-order valence-electron chi connectivity index (χ4n) is 3.91. The molecule has 0 bridgehead atoms. The van der Waals surface area contributed by atoms with Gasteiger partial charge in [0.1, 0.15) is 24.4 Å². The third kappa shape index (κ3) is 9.97. The minimum absolute atomic E-state index is 0.105. The van der Waals surface area contributed by atoms with Gasteiger partial charge in [0.25, 0.3) is 0 Å². The lowest BCUT2D eigenvalue weighted by atomic mass is 10.1. The average Bonchev–Trinajstić information content (AvgIpc) is 3.44. The number of nitrogens with one attached hydrogen (secondary N) is 2. The number of amides is 2. The van der Waals surface area contributed by atoms with Crippen LogP contribution < -0.4 is 10.6 Å². The second-order valence-electron chi connectivity index (χ2n) is 8.97. The number of hydrogen-bond acceptors (Lipinski definition) is 9. The number of ether oxygens (including phenoxy) is 1. The van der Waals surface area contributed by atoms with Crippen molar-refractivity contribution in [2.24, 2.45) is 0 Å². The number of anilines is 1. The molecule has 1 fully saturated rings. The summed E-state index contributed by atoms with van der Waals surface area (Å²) < 4.78 is 6.58. The fraction of sp³-hybridized carbons (Fsp3) is 0.750. The maximum absolute atomic E-state index is 12.9. The van der Waals surface area contributed by atoms with Crippen LogP contribution in [0.4, 0.5) is 5.82 Å². The molecule has 0 spiro atoms. The molecule has 0 aliphatic carbocycles. The molecular formula is C24H41N5O6S. The Balaban J connectivity index is 1.84. The summed E-state index contributed by atoms with van der Waals surface area (Å²) in [5.41, 5.74) is 0. The minimum Gasteiger partial charge on any atom is -0.394 e. The van der Waals surface area contributed by atoms with Gasteiger partial charge in [-0.3, -0.25) is 9.59 Å². The summed E-state index contributed by atoms with van der Waals surface area (Å²) in [4.78, 5) is 25.4. The van der Waals surface area contributed by atoms with E-state index in [2.05, 4.69) is 34.8 Å². The third-order valence-corrected chi connectivity index (χ3v) is 7.01. The molecule has 2 amide bonds. The number of hydrogen-bond donors (Lipinski definition) is 5. The van der Waals surface area contributed by atoms with E-state index in [1.807, 2.05) is 0 Å².